The number of hydrogen-bond donors (Lipinski definition) is 0. The van der Waals surface area contributed by atoms with Crippen LogP contribution in [0.4, 0.5) is 17.1 Å². The second-order valence-electron chi connectivity index (χ2n) is 15.8. The Kier molecular flexibility index (Phi) is 7.55. The lowest BCUT2D eigenvalue weighted by Crippen LogP contribution is -2.14. The van der Waals surface area contributed by atoms with Crippen LogP contribution in [0.15, 0.2) is 206 Å². The van der Waals surface area contributed by atoms with Gasteiger partial charge in [-0.3, -0.25) is 0 Å². The molecule has 0 fully saturated rings. The van der Waals surface area contributed by atoms with E-state index in [9.17, 15) is 0 Å². The summed E-state index contributed by atoms with van der Waals surface area (Å²) in [5.41, 5.74) is 17.2. The molecule has 0 spiro atoms. The van der Waals surface area contributed by atoms with Gasteiger partial charge in [0.05, 0.1) is 11.0 Å². The lowest BCUT2D eigenvalue weighted by atomic mass is 9.82. The molecule has 0 N–H and O–H groups in total. The maximum absolute atomic E-state index is 2.47. The molecular formula is C55H40N2. The van der Waals surface area contributed by atoms with Crippen molar-refractivity contribution in [2.45, 2.75) is 19.3 Å². The highest BCUT2D eigenvalue weighted by Crippen LogP contribution is 2.51. The summed E-state index contributed by atoms with van der Waals surface area (Å²) in [4.78, 5) is 2.30. The molecule has 9 aromatic carbocycles. The Bertz CT molecular complexity index is 3070. The molecule has 0 bridgehead atoms. The van der Waals surface area contributed by atoms with Crippen LogP contribution in [0.1, 0.15) is 25.0 Å². The van der Waals surface area contributed by atoms with E-state index in [1.807, 2.05) is 0 Å². The van der Waals surface area contributed by atoms with Crippen LogP contribution in [0.5, 0.6) is 0 Å². The first-order valence-corrected chi connectivity index (χ1v) is 19.8. The third kappa shape index (κ3) is 5.33. The quantitative estimate of drug-likeness (QED) is 0.165. The van der Waals surface area contributed by atoms with Crippen molar-refractivity contribution < 1.29 is 0 Å². The number of nitrogens with zero attached hydrogens (tertiary/aromatic N) is 2. The summed E-state index contributed by atoms with van der Waals surface area (Å²) < 4.78 is 2.47. The fourth-order valence-electron chi connectivity index (χ4n) is 9.34. The predicted molar refractivity (Wildman–Crippen MR) is 241 cm³/mol. The van der Waals surface area contributed by atoms with Gasteiger partial charge in [0.1, 0.15) is 0 Å². The van der Waals surface area contributed by atoms with Crippen LogP contribution < -0.4 is 4.90 Å². The fourth-order valence-corrected chi connectivity index (χ4v) is 9.34. The number of anilines is 3. The van der Waals surface area contributed by atoms with Gasteiger partial charge in [0, 0.05) is 38.9 Å². The van der Waals surface area contributed by atoms with Crippen molar-refractivity contribution in [1.82, 2.24) is 4.57 Å². The summed E-state index contributed by atoms with van der Waals surface area (Å²) >= 11 is 0. The van der Waals surface area contributed by atoms with E-state index in [0.717, 1.165) is 22.7 Å². The third-order valence-electron chi connectivity index (χ3n) is 12.2. The van der Waals surface area contributed by atoms with E-state index >= 15 is 0 Å². The van der Waals surface area contributed by atoms with Crippen molar-refractivity contribution in [3.63, 3.8) is 0 Å². The molecule has 0 unspecified atom stereocenters. The van der Waals surface area contributed by atoms with Gasteiger partial charge >= 0.3 is 0 Å². The molecule has 0 saturated carbocycles. The molecule has 2 heteroatoms. The highest BCUT2D eigenvalue weighted by Gasteiger charge is 2.36. The number of para-hydroxylation sites is 2. The molecule has 11 rings (SSSR count). The first-order chi connectivity index (χ1) is 28.0. The fraction of sp³-hybridized carbons (Fsp3) is 0.0545. The molecule has 0 amide bonds. The van der Waals surface area contributed by atoms with E-state index in [4.69, 9.17) is 0 Å². The second-order valence-corrected chi connectivity index (χ2v) is 15.8. The molecule has 57 heavy (non-hydrogen) atoms. The van der Waals surface area contributed by atoms with Crippen molar-refractivity contribution in [3.05, 3.63) is 217 Å². The smallest absolute Gasteiger partial charge is 0.0544 e. The van der Waals surface area contributed by atoms with Crippen molar-refractivity contribution in [1.29, 1.82) is 0 Å². The monoisotopic (exact) mass is 728 g/mol. The lowest BCUT2D eigenvalue weighted by Gasteiger charge is -2.25. The van der Waals surface area contributed by atoms with Crippen LogP contribution in [-0.4, -0.2) is 4.57 Å². The number of rotatable bonds is 6. The Morgan fingerprint density at radius 1 is 0.368 bits per heavy atom. The average molecular weight is 729 g/mol. The average Bonchev–Trinajstić information content (AvgIpc) is 3.71. The summed E-state index contributed by atoms with van der Waals surface area (Å²) in [5, 5.41) is 5.07. The summed E-state index contributed by atoms with van der Waals surface area (Å²) in [6.07, 6.45) is 0. The highest BCUT2D eigenvalue weighted by atomic mass is 15.1. The Morgan fingerprint density at radius 2 is 0.930 bits per heavy atom. The highest BCUT2D eigenvalue weighted by molar-refractivity contribution is 6.13. The molecule has 0 aliphatic heterocycles. The molecule has 1 aliphatic rings. The van der Waals surface area contributed by atoms with E-state index in [1.54, 1.807) is 0 Å². The molecule has 270 valence electrons. The second kappa shape index (κ2) is 13.0. The van der Waals surface area contributed by atoms with E-state index in [-0.39, 0.29) is 5.41 Å². The van der Waals surface area contributed by atoms with Gasteiger partial charge in [-0.25, -0.2) is 0 Å². The van der Waals surface area contributed by atoms with E-state index in [1.165, 1.54) is 77.1 Å². The summed E-state index contributed by atoms with van der Waals surface area (Å²) in [5.74, 6) is 0. The normalized spacial score (nSPS) is 12.9. The zero-order chi connectivity index (χ0) is 38.1. The van der Waals surface area contributed by atoms with Gasteiger partial charge in [-0.05, 0) is 128 Å². The minimum atomic E-state index is -0.0951. The van der Waals surface area contributed by atoms with Crippen LogP contribution in [-0.2, 0) is 5.41 Å². The van der Waals surface area contributed by atoms with Crippen molar-refractivity contribution in [2.24, 2.45) is 0 Å². The Hall–Kier alpha value is -7.16. The van der Waals surface area contributed by atoms with Gasteiger partial charge in [0.15, 0.2) is 0 Å². The van der Waals surface area contributed by atoms with E-state index in [2.05, 4.69) is 230 Å². The lowest BCUT2D eigenvalue weighted by molar-refractivity contribution is 0.661. The van der Waals surface area contributed by atoms with Crippen molar-refractivity contribution in [3.8, 4) is 39.1 Å². The zero-order valence-electron chi connectivity index (χ0n) is 32.0. The zero-order valence-corrected chi connectivity index (χ0v) is 32.0. The van der Waals surface area contributed by atoms with Gasteiger partial charge < -0.3 is 9.47 Å². The van der Waals surface area contributed by atoms with Gasteiger partial charge in [-0.15, -0.1) is 0 Å². The van der Waals surface area contributed by atoms with Gasteiger partial charge in [0.25, 0.3) is 0 Å². The summed E-state index contributed by atoms with van der Waals surface area (Å²) in [6, 6.07) is 75.4. The van der Waals surface area contributed by atoms with Crippen LogP contribution in [0.25, 0.3) is 71.6 Å². The Balaban J connectivity index is 1.04. The minimum Gasteiger partial charge on any atom is -0.311 e. The molecular weight excluding hydrogens is 689 g/mol. The third-order valence-corrected chi connectivity index (χ3v) is 12.2. The standard InChI is InChI=1S/C55H40N2/c1-55(2)51-23-12-11-21-47(51)48-35-50-49-34-40(46-22-13-15-39-14-9-10-20-45(39)46)28-33-53(49)57(54(50)36-52(48)55)44-31-26-38(27-32-44)37-24-29-43(30-25-37)56(41-16-5-3-6-17-41)42-18-7-4-8-19-42/h3-36H,1-2H3. The van der Waals surface area contributed by atoms with Crippen LogP contribution in [0, 0.1) is 0 Å². The molecule has 1 aliphatic carbocycles. The van der Waals surface area contributed by atoms with Crippen molar-refractivity contribution in [2.75, 3.05) is 4.90 Å². The van der Waals surface area contributed by atoms with Gasteiger partial charge in [-0.2, -0.15) is 0 Å². The maximum atomic E-state index is 2.47. The van der Waals surface area contributed by atoms with E-state index in [0.29, 0.717) is 0 Å². The summed E-state index contributed by atoms with van der Waals surface area (Å²) in [7, 11) is 0. The number of benzene rings is 9. The predicted octanol–water partition coefficient (Wildman–Crippen LogP) is 15.0. The van der Waals surface area contributed by atoms with E-state index < -0.39 is 0 Å². The molecule has 2 nitrogen and oxygen atoms in total. The van der Waals surface area contributed by atoms with Crippen LogP contribution in [0.3, 0.4) is 0 Å². The van der Waals surface area contributed by atoms with Crippen LogP contribution >= 0.6 is 0 Å². The van der Waals surface area contributed by atoms with Crippen molar-refractivity contribution >= 4 is 49.6 Å². The molecule has 1 heterocycles. The maximum Gasteiger partial charge on any atom is 0.0544 e. The molecule has 10 aromatic rings. The minimum absolute atomic E-state index is 0.0951. The largest absolute Gasteiger partial charge is 0.311 e. The Labute approximate surface area is 333 Å². The number of hydrogen-bond acceptors (Lipinski definition) is 1. The first kappa shape index (κ1) is 33.2. The van der Waals surface area contributed by atoms with Crippen LogP contribution in [0.2, 0.25) is 0 Å². The SMILES string of the molecule is CC1(C)c2ccccc2-c2cc3c4cc(-c5cccc6ccccc56)ccc4n(-c4ccc(-c5ccc(N(c6ccccc6)c6ccccc6)cc5)cc4)c3cc21. The number of aromatic nitrogens is 1. The molecule has 0 radical (unpaired) electrons. The van der Waals surface area contributed by atoms with Gasteiger partial charge in [-0.1, -0.05) is 147 Å². The number of fused-ring (bicyclic) bond motifs is 7. The van der Waals surface area contributed by atoms with Gasteiger partial charge in [0.2, 0.25) is 0 Å². The first-order valence-electron chi connectivity index (χ1n) is 19.8. The Morgan fingerprint density at radius 3 is 1.67 bits per heavy atom. The molecule has 0 saturated heterocycles. The molecule has 0 atom stereocenters. The molecule has 1 aromatic heterocycles. The summed E-state index contributed by atoms with van der Waals surface area (Å²) in [6.45, 7) is 4.74. The topological polar surface area (TPSA) is 8.17 Å².